The lowest BCUT2D eigenvalue weighted by Gasteiger charge is -2.12. The number of methoxy groups -OCH3 is 5. The van der Waals surface area contributed by atoms with Crippen molar-refractivity contribution in [1.29, 1.82) is 0 Å². The smallest absolute Gasteiger partial charge is 0.0573 e. The Morgan fingerprint density at radius 2 is 0.537 bits per heavy atom. The fourth-order valence-corrected chi connectivity index (χ4v) is 9.58. The van der Waals surface area contributed by atoms with Crippen LogP contribution in [-0.2, 0) is 23.7 Å². The van der Waals surface area contributed by atoms with E-state index in [0.717, 1.165) is 48.3 Å². The molecule has 0 aromatic heterocycles. The largest absolute Gasteiger partial charge is 0.381 e. The summed E-state index contributed by atoms with van der Waals surface area (Å²) in [4.78, 5) is 0. The fourth-order valence-electron chi connectivity index (χ4n) is 9.58. The minimum absolute atomic E-state index is 0.505. The number of nitrogens with one attached hydrogen (secondary N) is 4. The molecule has 0 bridgehead atoms. The summed E-state index contributed by atoms with van der Waals surface area (Å²) in [6.45, 7) is 33.2. The molecule has 0 radical (unpaired) electrons. The van der Waals surface area contributed by atoms with Crippen LogP contribution in [0.2, 0.25) is 0 Å². The molecular weight excluding hydrogens is 989 g/mol. The van der Waals surface area contributed by atoms with Gasteiger partial charge in [-0.1, -0.05) is 213 Å². The van der Waals surface area contributed by atoms with Gasteiger partial charge in [0.05, 0.1) is 30.5 Å². The molecule has 9 heteroatoms. The first-order valence-corrected chi connectivity index (χ1v) is 35.0. The Labute approximate surface area is 507 Å². The highest BCUT2D eigenvalue weighted by molar-refractivity contribution is 4.79. The molecule has 3 aliphatic rings. The van der Waals surface area contributed by atoms with Crippen molar-refractivity contribution in [1.82, 2.24) is 21.3 Å². The minimum atomic E-state index is 0.505. The lowest BCUT2D eigenvalue weighted by Crippen LogP contribution is -2.24. The van der Waals surface area contributed by atoms with Crippen LogP contribution in [0.3, 0.4) is 0 Å². The Morgan fingerprint density at radius 3 is 0.775 bits per heavy atom. The molecule has 0 spiro atoms. The van der Waals surface area contributed by atoms with Crippen molar-refractivity contribution in [3.05, 3.63) is 0 Å². The second-order valence-corrected chi connectivity index (χ2v) is 23.5. The summed E-state index contributed by atoms with van der Waals surface area (Å²) in [6.07, 6.45) is 48.1. The van der Waals surface area contributed by atoms with E-state index < -0.39 is 0 Å². The molecule has 0 aromatic carbocycles. The average molecular weight is 1150 g/mol. The molecule has 0 aliphatic heterocycles. The number of hydrogen-bond donors (Lipinski definition) is 4. The Hall–Kier alpha value is -0.360. The van der Waals surface area contributed by atoms with Gasteiger partial charge < -0.3 is 45.0 Å². The molecule has 0 aromatic rings. The van der Waals surface area contributed by atoms with Crippen molar-refractivity contribution in [2.75, 3.05) is 63.7 Å². The maximum atomic E-state index is 5.34. The third-order valence-electron chi connectivity index (χ3n) is 16.2. The predicted octanol–water partition coefficient (Wildman–Crippen LogP) is 20.1. The second kappa shape index (κ2) is 74.7. The normalized spacial score (nSPS) is 15.5. The summed E-state index contributed by atoms with van der Waals surface area (Å²) in [5.41, 5.74) is 0. The topological polar surface area (TPSA) is 94.3 Å². The van der Waals surface area contributed by atoms with E-state index in [4.69, 9.17) is 23.7 Å². The van der Waals surface area contributed by atoms with E-state index >= 15 is 0 Å². The van der Waals surface area contributed by atoms with Gasteiger partial charge in [0.2, 0.25) is 0 Å². The van der Waals surface area contributed by atoms with Gasteiger partial charge in [-0.3, -0.25) is 0 Å². The number of hydrogen-bond acceptors (Lipinski definition) is 9. The monoisotopic (exact) mass is 1150 g/mol. The van der Waals surface area contributed by atoms with Crippen LogP contribution >= 0.6 is 0 Å². The van der Waals surface area contributed by atoms with E-state index in [9.17, 15) is 0 Å². The fraction of sp³-hybridized carbons (Fsp3) is 1.00. The first-order chi connectivity index (χ1) is 38.7. The maximum absolute atomic E-state index is 5.34. The molecule has 0 heterocycles. The summed E-state index contributed by atoms with van der Waals surface area (Å²) in [7, 11) is 17.2. The van der Waals surface area contributed by atoms with Gasteiger partial charge in [0.1, 0.15) is 0 Å². The summed E-state index contributed by atoms with van der Waals surface area (Å²) in [5, 5.41) is 13.1. The third-order valence-corrected chi connectivity index (χ3v) is 16.2. The van der Waals surface area contributed by atoms with E-state index in [2.05, 4.69) is 139 Å². The molecule has 6 atom stereocenters. The van der Waals surface area contributed by atoms with Crippen molar-refractivity contribution >= 4 is 0 Å². The number of rotatable bonds is 41. The molecular formula is C71H158N4O5. The van der Waals surface area contributed by atoms with Gasteiger partial charge in [0, 0.05) is 59.7 Å². The highest BCUT2D eigenvalue weighted by Gasteiger charge is 2.26. The van der Waals surface area contributed by atoms with E-state index in [0.29, 0.717) is 30.5 Å². The van der Waals surface area contributed by atoms with Crippen molar-refractivity contribution in [3.63, 3.8) is 0 Å². The Bertz CT molecular complexity index is 968. The minimum Gasteiger partial charge on any atom is -0.381 e. The molecule has 4 N–H and O–H groups in total. The summed E-state index contributed by atoms with van der Waals surface area (Å²) in [5.74, 6) is 3.09. The number of ether oxygens (including phenoxy) is 5. The predicted molar refractivity (Wildman–Crippen MR) is 363 cm³/mol. The van der Waals surface area contributed by atoms with Crippen LogP contribution in [0.1, 0.15) is 329 Å². The first kappa shape index (κ1) is 90.8. The third kappa shape index (κ3) is 71.9. The average Bonchev–Trinajstić information content (AvgIpc) is 4.35. The van der Waals surface area contributed by atoms with E-state index in [1.807, 2.05) is 35.4 Å². The molecule has 6 unspecified atom stereocenters. The van der Waals surface area contributed by atoms with Crippen LogP contribution in [0.5, 0.6) is 0 Å². The van der Waals surface area contributed by atoms with Crippen molar-refractivity contribution in [2.24, 2.45) is 17.8 Å². The van der Waals surface area contributed by atoms with Crippen LogP contribution < -0.4 is 21.3 Å². The van der Waals surface area contributed by atoms with Gasteiger partial charge in [-0.15, -0.1) is 0 Å². The molecule has 0 amide bonds. The zero-order valence-corrected chi connectivity index (χ0v) is 59.7. The van der Waals surface area contributed by atoms with Gasteiger partial charge in [0.25, 0.3) is 0 Å². The lowest BCUT2D eigenvalue weighted by atomic mass is 10.1. The summed E-state index contributed by atoms with van der Waals surface area (Å²) >= 11 is 0. The second-order valence-electron chi connectivity index (χ2n) is 23.5. The lowest BCUT2D eigenvalue weighted by molar-refractivity contribution is 0.0826. The van der Waals surface area contributed by atoms with Crippen molar-refractivity contribution < 1.29 is 23.7 Å². The SMILES string of the molecule is CCC(CC)NC.CCC(CC1CC1)NC.CCC(CC1CC1)OC.CCCC(CC)NC.CCCC(CC1CC1)OC.CCCC(CCC)NC.CCCC(CCC)OC.CCCCC(CC)OC.CCCCC(CCC)OC. The zero-order valence-electron chi connectivity index (χ0n) is 59.7. The van der Waals surface area contributed by atoms with Crippen LogP contribution in [0.15, 0.2) is 0 Å². The zero-order chi connectivity index (χ0) is 62.0. The molecule has 80 heavy (non-hydrogen) atoms. The standard InChI is InChI=1S/C9H18O.C9H20O.C8H17N.C8H19N.C8H16O.2C8H18O.C7H17N.C6H15N/c1-3-4-9(10-2)7-8-5-6-8;1-4-6-8-9(10-3)7-5-2;1-3-8(9-2)6-7-4-5-7;1-4-6-8(9-3)7-5-2;1-3-8(9-2)6-7-4-5-7;1-4-6-7-8(5-2)9-3;1-4-6-8(9-3)7-5-2;1-4-6-7(5-2)8-3;1-4-6(5-2)7-3/h8-9H,3-7H2,1-2H3;9H,4-8H2,1-3H3;7-9H,3-6H2,1-2H3;8-9H,4-7H2,1-3H3;7-8H,3-6H2,1-2H3;2*8H,4-7H2,1-3H3;7-8H,4-6H2,1-3H3;6-7H,4-5H2,1-3H3. The summed E-state index contributed by atoms with van der Waals surface area (Å²) < 4.78 is 26.3. The molecule has 9 nitrogen and oxygen atoms in total. The van der Waals surface area contributed by atoms with Gasteiger partial charge in [-0.25, -0.2) is 0 Å². The van der Waals surface area contributed by atoms with Crippen molar-refractivity contribution in [2.45, 2.75) is 383 Å². The molecule has 0 saturated heterocycles. The van der Waals surface area contributed by atoms with Crippen LogP contribution in [0, 0.1) is 17.8 Å². The Morgan fingerprint density at radius 1 is 0.263 bits per heavy atom. The summed E-state index contributed by atoms with van der Waals surface area (Å²) in [6, 6.07) is 3.04. The first-order valence-electron chi connectivity index (χ1n) is 35.0. The number of unbranched alkanes of at least 4 members (excludes halogenated alkanes) is 2. The van der Waals surface area contributed by atoms with Crippen LogP contribution in [-0.4, -0.2) is 118 Å². The van der Waals surface area contributed by atoms with Gasteiger partial charge in [0.15, 0.2) is 0 Å². The molecule has 3 fully saturated rings. The Balaban J connectivity index is -0.000000193. The van der Waals surface area contributed by atoms with Gasteiger partial charge >= 0.3 is 0 Å². The van der Waals surface area contributed by atoms with Crippen molar-refractivity contribution in [3.8, 4) is 0 Å². The van der Waals surface area contributed by atoms with Crippen LogP contribution in [0.4, 0.5) is 0 Å². The van der Waals surface area contributed by atoms with E-state index in [-0.39, 0.29) is 0 Å². The maximum Gasteiger partial charge on any atom is 0.0573 e. The van der Waals surface area contributed by atoms with Crippen LogP contribution in [0.25, 0.3) is 0 Å². The van der Waals surface area contributed by atoms with Gasteiger partial charge in [-0.2, -0.15) is 0 Å². The quantitative estimate of drug-likeness (QED) is 0.0478. The molecule has 3 aliphatic carbocycles. The van der Waals surface area contributed by atoms with Gasteiger partial charge in [-0.05, 0) is 162 Å². The molecule has 492 valence electrons. The highest BCUT2D eigenvalue weighted by Crippen LogP contribution is 2.36. The molecule has 3 saturated carbocycles. The Kier molecular flexibility index (Phi) is 84.9. The molecule has 3 rings (SSSR count). The van der Waals surface area contributed by atoms with E-state index in [1.54, 1.807) is 14.2 Å². The van der Waals surface area contributed by atoms with E-state index in [1.165, 1.54) is 218 Å². The highest BCUT2D eigenvalue weighted by atomic mass is 16.5.